The highest BCUT2D eigenvalue weighted by molar-refractivity contribution is 7.89. The molecule has 1 atom stereocenters. The number of nitrogens with zero attached hydrogens (tertiary/aromatic N) is 2. The van der Waals surface area contributed by atoms with Crippen molar-refractivity contribution in [1.82, 2.24) is 19.9 Å². The number of piperidine rings is 1. The molecule has 3 rings (SSSR count). The summed E-state index contributed by atoms with van der Waals surface area (Å²) in [5, 5.41) is 5.52. The van der Waals surface area contributed by atoms with Gasteiger partial charge in [0.05, 0.1) is 4.90 Å². The van der Waals surface area contributed by atoms with Gasteiger partial charge in [-0.3, -0.25) is 14.6 Å². The van der Waals surface area contributed by atoms with Crippen LogP contribution < -0.4 is 10.6 Å². The van der Waals surface area contributed by atoms with Crippen molar-refractivity contribution in [3.05, 3.63) is 60.4 Å². The molecule has 1 aromatic carbocycles. The Balaban J connectivity index is 1.47. The van der Waals surface area contributed by atoms with Crippen LogP contribution in [0.25, 0.3) is 0 Å². The maximum absolute atomic E-state index is 12.7. The molecule has 0 saturated carbocycles. The van der Waals surface area contributed by atoms with E-state index in [4.69, 9.17) is 0 Å². The maximum Gasteiger partial charge on any atom is 0.243 e. The first-order valence-electron chi connectivity index (χ1n) is 9.90. The molecule has 0 radical (unpaired) electrons. The average molecular weight is 431 g/mol. The Bertz CT molecular complexity index is 959. The molecule has 9 heteroatoms. The number of rotatable bonds is 7. The quantitative estimate of drug-likeness (QED) is 0.688. The first-order chi connectivity index (χ1) is 14.4. The van der Waals surface area contributed by atoms with Crippen LogP contribution in [-0.2, 0) is 26.2 Å². The van der Waals surface area contributed by atoms with Crippen molar-refractivity contribution in [2.24, 2.45) is 5.92 Å². The van der Waals surface area contributed by atoms with E-state index >= 15 is 0 Å². The lowest BCUT2D eigenvalue weighted by Gasteiger charge is -2.31. The normalized spacial score (nSPS) is 16.6. The predicted octanol–water partition coefficient (Wildman–Crippen LogP) is 1.30. The number of sulfonamides is 1. The van der Waals surface area contributed by atoms with Crippen molar-refractivity contribution in [3.8, 4) is 0 Å². The highest BCUT2D eigenvalue weighted by Gasteiger charge is 2.32. The maximum atomic E-state index is 12.7. The van der Waals surface area contributed by atoms with Crippen LogP contribution in [0.15, 0.2) is 59.8 Å². The van der Waals surface area contributed by atoms with Crippen LogP contribution in [-0.4, -0.2) is 48.7 Å². The molecule has 1 aliphatic rings. The van der Waals surface area contributed by atoms with Crippen molar-refractivity contribution in [2.45, 2.75) is 37.2 Å². The number of carbonyl (C=O) groups excluding carboxylic acids is 2. The number of nitrogens with one attached hydrogen (secondary N) is 2. The Morgan fingerprint density at radius 1 is 1.10 bits per heavy atom. The smallest absolute Gasteiger partial charge is 0.243 e. The second kappa shape index (κ2) is 9.82. The molecule has 2 N–H and O–H groups in total. The molecular weight excluding hydrogens is 404 g/mol. The fraction of sp³-hybridized carbons (Fsp3) is 0.381. The van der Waals surface area contributed by atoms with E-state index in [9.17, 15) is 18.0 Å². The zero-order valence-corrected chi connectivity index (χ0v) is 17.6. The van der Waals surface area contributed by atoms with Crippen LogP contribution in [0.5, 0.6) is 0 Å². The summed E-state index contributed by atoms with van der Waals surface area (Å²) in [6.07, 6.45) is 4.14. The van der Waals surface area contributed by atoms with E-state index < -0.39 is 16.1 Å². The van der Waals surface area contributed by atoms with Crippen molar-refractivity contribution in [3.63, 3.8) is 0 Å². The fourth-order valence-electron chi connectivity index (χ4n) is 3.34. The number of amides is 2. The van der Waals surface area contributed by atoms with Gasteiger partial charge in [0.25, 0.3) is 0 Å². The minimum Gasteiger partial charge on any atom is -0.350 e. The zero-order valence-electron chi connectivity index (χ0n) is 16.8. The molecule has 1 aromatic heterocycles. The van der Waals surface area contributed by atoms with E-state index in [0.29, 0.717) is 19.4 Å². The third-order valence-corrected chi connectivity index (χ3v) is 7.09. The number of hydrogen-bond acceptors (Lipinski definition) is 5. The van der Waals surface area contributed by atoms with E-state index in [1.807, 2.05) is 0 Å². The van der Waals surface area contributed by atoms with Gasteiger partial charge in [0.1, 0.15) is 6.04 Å². The molecule has 0 spiro atoms. The number of aromatic nitrogens is 1. The summed E-state index contributed by atoms with van der Waals surface area (Å²) in [5.41, 5.74) is 0.920. The topological polar surface area (TPSA) is 108 Å². The summed E-state index contributed by atoms with van der Waals surface area (Å²) in [5.74, 6) is -0.815. The molecule has 2 heterocycles. The largest absolute Gasteiger partial charge is 0.350 e. The summed E-state index contributed by atoms with van der Waals surface area (Å²) < 4.78 is 26.8. The number of hydrogen-bond donors (Lipinski definition) is 2. The SMILES string of the molecule is C[C@H](NC(=O)C1CCN(S(=O)(=O)c2ccccc2)CC1)C(=O)NCc1ccncc1. The van der Waals surface area contributed by atoms with E-state index in [0.717, 1.165) is 5.56 Å². The van der Waals surface area contributed by atoms with E-state index in [1.54, 1.807) is 61.8 Å². The van der Waals surface area contributed by atoms with Crippen molar-refractivity contribution >= 4 is 21.8 Å². The summed E-state index contributed by atoms with van der Waals surface area (Å²) in [4.78, 5) is 29.0. The molecule has 8 nitrogen and oxygen atoms in total. The first kappa shape index (κ1) is 21.9. The molecule has 1 saturated heterocycles. The molecule has 0 aliphatic carbocycles. The van der Waals surface area contributed by atoms with Gasteiger partial charge in [0, 0.05) is 37.9 Å². The summed E-state index contributed by atoms with van der Waals surface area (Å²) >= 11 is 0. The number of pyridine rings is 1. The second-order valence-corrected chi connectivity index (χ2v) is 9.23. The van der Waals surface area contributed by atoms with Gasteiger partial charge < -0.3 is 10.6 Å². The van der Waals surface area contributed by atoms with Gasteiger partial charge in [-0.1, -0.05) is 18.2 Å². The molecule has 0 unspecified atom stereocenters. The molecular formula is C21H26N4O4S. The second-order valence-electron chi connectivity index (χ2n) is 7.29. The average Bonchev–Trinajstić information content (AvgIpc) is 2.78. The predicted molar refractivity (Wildman–Crippen MR) is 112 cm³/mol. The van der Waals surface area contributed by atoms with Crippen molar-refractivity contribution < 1.29 is 18.0 Å². The van der Waals surface area contributed by atoms with Gasteiger partial charge in [0.2, 0.25) is 21.8 Å². The lowest BCUT2D eigenvalue weighted by atomic mass is 9.97. The Morgan fingerprint density at radius 3 is 2.37 bits per heavy atom. The molecule has 160 valence electrons. The molecule has 2 amide bonds. The lowest BCUT2D eigenvalue weighted by Crippen LogP contribution is -2.49. The zero-order chi connectivity index (χ0) is 21.6. The van der Waals surface area contributed by atoms with Crippen LogP contribution in [0.2, 0.25) is 0 Å². The Morgan fingerprint density at radius 2 is 1.73 bits per heavy atom. The molecule has 30 heavy (non-hydrogen) atoms. The molecule has 0 bridgehead atoms. The van der Waals surface area contributed by atoms with Crippen LogP contribution in [0.1, 0.15) is 25.3 Å². The van der Waals surface area contributed by atoms with Crippen molar-refractivity contribution in [1.29, 1.82) is 0 Å². The summed E-state index contributed by atoms with van der Waals surface area (Å²) in [7, 11) is -3.55. The van der Waals surface area contributed by atoms with Gasteiger partial charge in [-0.05, 0) is 49.6 Å². The monoisotopic (exact) mass is 430 g/mol. The fourth-order valence-corrected chi connectivity index (χ4v) is 4.83. The number of carbonyl (C=O) groups is 2. The molecule has 1 aliphatic heterocycles. The highest BCUT2D eigenvalue weighted by Crippen LogP contribution is 2.23. The van der Waals surface area contributed by atoms with E-state index in [-0.39, 0.29) is 35.7 Å². The van der Waals surface area contributed by atoms with Gasteiger partial charge in [-0.2, -0.15) is 4.31 Å². The number of benzene rings is 1. The van der Waals surface area contributed by atoms with E-state index in [1.165, 1.54) is 4.31 Å². The Labute approximate surface area is 176 Å². The van der Waals surface area contributed by atoms with Gasteiger partial charge >= 0.3 is 0 Å². The highest BCUT2D eigenvalue weighted by atomic mass is 32.2. The molecule has 1 fully saturated rings. The minimum atomic E-state index is -3.55. The van der Waals surface area contributed by atoms with Crippen LogP contribution in [0, 0.1) is 5.92 Å². The summed E-state index contributed by atoms with van der Waals surface area (Å²) in [6.45, 7) is 2.54. The Kier molecular flexibility index (Phi) is 7.17. The van der Waals surface area contributed by atoms with Crippen LogP contribution >= 0.6 is 0 Å². The van der Waals surface area contributed by atoms with Gasteiger partial charge in [-0.25, -0.2) is 8.42 Å². The van der Waals surface area contributed by atoms with E-state index in [2.05, 4.69) is 15.6 Å². The third-order valence-electron chi connectivity index (χ3n) is 5.17. The first-order valence-corrected chi connectivity index (χ1v) is 11.3. The van der Waals surface area contributed by atoms with Crippen molar-refractivity contribution in [2.75, 3.05) is 13.1 Å². The summed E-state index contributed by atoms with van der Waals surface area (Å²) in [6, 6.07) is 11.2. The third kappa shape index (κ3) is 5.43. The lowest BCUT2D eigenvalue weighted by molar-refractivity contribution is -0.131. The van der Waals surface area contributed by atoms with Gasteiger partial charge in [-0.15, -0.1) is 0 Å². The van der Waals surface area contributed by atoms with Crippen LogP contribution in [0.3, 0.4) is 0 Å². The standard InChI is InChI=1S/C21H26N4O4S/c1-16(20(26)23-15-17-7-11-22-12-8-17)24-21(27)18-9-13-25(14-10-18)30(28,29)19-5-3-2-4-6-19/h2-8,11-12,16,18H,9-10,13-15H2,1H3,(H,23,26)(H,24,27)/t16-/m0/s1. The van der Waals surface area contributed by atoms with Crippen LogP contribution in [0.4, 0.5) is 0 Å². The molecule has 2 aromatic rings. The Hall–Kier alpha value is -2.78. The van der Waals surface area contributed by atoms with Gasteiger partial charge in [0.15, 0.2) is 0 Å². The minimum absolute atomic E-state index is 0.224.